The Labute approximate surface area is 129 Å². The zero-order chi connectivity index (χ0) is 15.2. The highest BCUT2D eigenvalue weighted by atomic mass is 32.1. The lowest BCUT2D eigenvalue weighted by molar-refractivity contribution is 0.181. The van der Waals surface area contributed by atoms with Gasteiger partial charge >= 0.3 is 0 Å². The van der Waals surface area contributed by atoms with E-state index in [1.807, 2.05) is 18.2 Å². The van der Waals surface area contributed by atoms with Crippen molar-refractivity contribution < 1.29 is 9.47 Å². The fourth-order valence-corrected chi connectivity index (χ4v) is 3.00. The van der Waals surface area contributed by atoms with Crippen LogP contribution in [0.15, 0.2) is 24.3 Å². The predicted molar refractivity (Wildman–Crippen MR) is 85.6 cm³/mol. The van der Waals surface area contributed by atoms with E-state index in [0.717, 1.165) is 21.3 Å². The molecule has 5 heteroatoms. The van der Waals surface area contributed by atoms with Crippen molar-refractivity contribution in [3.8, 4) is 5.75 Å². The van der Waals surface area contributed by atoms with Gasteiger partial charge in [-0.25, -0.2) is 4.98 Å². The highest BCUT2D eigenvalue weighted by Gasteiger charge is 2.12. The number of nitrogens with zero attached hydrogens (tertiary/aromatic N) is 1. The number of benzene rings is 1. The van der Waals surface area contributed by atoms with Gasteiger partial charge in [0.15, 0.2) is 0 Å². The quantitative estimate of drug-likeness (QED) is 0.851. The first-order chi connectivity index (χ1) is 10.2. The number of hydrogen-bond donors (Lipinski definition) is 1. The zero-order valence-electron chi connectivity index (χ0n) is 12.8. The third kappa shape index (κ3) is 4.03. The average molecular weight is 306 g/mol. The maximum atomic E-state index is 5.94. The van der Waals surface area contributed by atoms with Crippen LogP contribution in [-0.2, 0) is 24.5 Å². The Morgan fingerprint density at radius 2 is 2.00 bits per heavy atom. The highest BCUT2D eigenvalue weighted by Crippen LogP contribution is 2.27. The summed E-state index contributed by atoms with van der Waals surface area (Å²) in [6.07, 6.45) is 0. The first-order valence-electron chi connectivity index (χ1n) is 7.03. The lowest BCUT2D eigenvalue weighted by atomic mass is 10.0. The van der Waals surface area contributed by atoms with Crippen molar-refractivity contribution in [3.63, 3.8) is 0 Å². The Morgan fingerprint density at radius 3 is 2.67 bits per heavy atom. The van der Waals surface area contributed by atoms with E-state index in [1.165, 1.54) is 5.56 Å². The predicted octanol–water partition coefficient (Wildman–Crippen LogP) is 3.45. The van der Waals surface area contributed by atoms with Crippen LogP contribution in [0.1, 0.15) is 40.9 Å². The molecule has 1 aromatic heterocycles. The van der Waals surface area contributed by atoms with E-state index < -0.39 is 0 Å². The smallest absolute Gasteiger partial charge is 0.140 e. The van der Waals surface area contributed by atoms with E-state index in [0.29, 0.717) is 25.7 Å². The molecule has 21 heavy (non-hydrogen) atoms. The summed E-state index contributed by atoms with van der Waals surface area (Å²) in [5.41, 5.74) is 7.87. The number of hydrogen-bond acceptors (Lipinski definition) is 5. The molecule has 2 rings (SSSR count). The van der Waals surface area contributed by atoms with Gasteiger partial charge in [0.05, 0.1) is 12.3 Å². The van der Waals surface area contributed by atoms with Gasteiger partial charge < -0.3 is 15.2 Å². The largest absolute Gasteiger partial charge is 0.486 e. The molecule has 0 bridgehead atoms. The molecule has 2 aromatic rings. The van der Waals surface area contributed by atoms with Crippen LogP contribution in [0, 0.1) is 0 Å². The summed E-state index contributed by atoms with van der Waals surface area (Å²) in [6.45, 7) is 5.76. The minimum atomic E-state index is 0.432. The van der Waals surface area contributed by atoms with Crippen LogP contribution in [0.3, 0.4) is 0 Å². The highest BCUT2D eigenvalue weighted by molar-refractivity contribution is 7.11. The summed E-state index contributed by atoms with van der Waals surface area (Å²) in [7, 11) is 1.66. The molecule has 2 N–H and O–H groups in total. The number of nitrogens with two attached hydrogens (primary N) is 1. The van der Waals surface area contributed by atoms with E-state index in [-0.39, 0.29) is 0 Å². The normalized spacial score (nSPS) is 11.1. The van der Waals surface area contributed by atoms with Crippen LogP contribution in [-0.4, -0.2) is 12.1 Å². The third-order valence-electron chi connectivity index (χ3n) is 3.18. The molecule has 0 spiro atoms. The topological polar surface area (TPSA) is 57.4 Å². The molecule has 0 fully saturated rings. The minimum Gasteiger partial charge on any atom is -0.486 e. The average Bonchev–Trinajstić information content (AvgIpc) is 2.88. The first kappa shape index (κ1) is 15.9. The lowest BCUT2D eigenvalue weighted by Crippen LogP contribution is -2.00. The van der Waals surface area contributed by atoms with Crippen molar-refractivity contribution in [1.29, 1.82) is 0 Å². The van der Waals surface area contributed by atoms with Crippen molar-refractivity contribution in [3.05, 3.63) is 45.4 Å². The van der Waals surface area contributed by atoms with Gasteiger partial charge in [0.2, 0.25) is 0 Å². The number of aromatic nitrogens is 1. The van der Waals surface area contributed by atoms with Crippen molar-refractivity contribution in [2.24, 2.45) is 5.73 Å². The van der Waals surface area contributed by atoms with Gasteiger partial charge in [-0.1, -0.05) is 32.0 Å². The molecule has 0 radical (unpaired) electrons. The molecule has 0 unspecified atom stereocenters. The van der Waals surface area contributed by atoms with E-state index in [9.17, 15) is 0 Å². The Balaban J connectivity index is 2.10. The van der Waals surface area contributed by atoms with E-state index in [1.54, 1.807) is 18.4 Å². The Hall–Kier alpha value is -1.43. The van der Waals surface area contributed by atoms with Crippen LogP contribution in [0.4, 0.5) is 0 Å². The maximum absolute atomic E-state index is 5.94. The maximum Gasteiger partial charge on any atom is 0.140 e. The lowest BCUT2D eigenvalue weighted by Gasteiger charge is -2.12. The number of rotatable bonds is 7. The molecule has 0 aliphatic carbocycles. The summed E-state index contributed by atoms with van der Waals surface area (Å²) < 4.78 is 11.1. The summed E-state index contributed by atoms with van der Waals surface area (Å²) in [4.78, 5) is 5.61. The number of thiazole rings is 1. The van der Waals surface area contributed by atoms with Crippen molar-refractivity contribution in [1.82, 2.24) is 4.98 Å². The molecule has 0 aliphatic rings. The Kier molecular flexibility index (Phi) is 5.73. The van der Waals surface area contributed by atoms with Crippen molar-refractivity contribution in [2.45, 2.75) is 39.5 Å². The van der Waals surface area contributed by atoms with Crippen LogP contribution < -0.4 is 10.5 Å². The van der Waals surface area contributed by atoms with Gasteiger partial charge in [-0.2, -0.15) is 0 Å². The number of para-hydroxylation sites is 1. The molecule has 0 atom stereocenters. The molecule has 0 saturated heterocycles. The number of ether oxygens (including phenoxy) is 2. The fraction of sp³-hybridized carbons (Fsp3) is 0.438. The molecular weight excluding hydrogens is 284 g/mol. The van der Waals surface area contributed by atoms with Crippen LogP contribution in [0.25, 0.3) is 0 Å². The van der Waals surface area contributed by atoms with Crippen LogP contribution >= 0.6 is 11.3 Å². The van der Waals surface area contributed by atoms with Crippen molar-refractivity contribution in [2.75, 3.05) is 7.11 Å². The summed E-state index contributed by atoms with van der Waals surface area (Å²) in [6, 6.07) is 8.13. The minimum absolute atomic E-state index is 0.432. The van der Waals surface area contributed by atoms with Gasteiger partial charge in [0, 0.05) is 18.5 Å². The standard InChI is InChI=1S/C16H22N2O2S/c1-11(2)12-6-4-5-7-14(12)20-10-16-18-13(9-19-3)15(8-17)21-16/h4-7,11H,8-10,17H2,1-3H3. The van der Waals surface area contributed by atoms with Crippen LogP contribution in [0.5, 0.6) is 5.75 Å². The summed E-state index contributed by atoms with van der Waals surface area (Å²) in [5.74, 6) is 1.35. The van der Waals surface area contributed by atoms with Gasteiger partial charge in [-0.15, -0.1) is 11.3 Å². The molecule has 1 heterocycles. The van der Waals surface area contributed by atoms with Gasteiger partial charge in [-0.3, -0.25) is 0 Å². The second-order valence-electron chi connectivity index (χ2n) is 5.10. The zero-order valence-corrected chi connectivity index (χ0v) is 13.6. The molecule has 0 aliphatic heterocycles. The molecule has 0 saturated carbocycles. The molecule has 4 nitrogen and oxygen atoms in total. The molecular formula is C16H22N2O2S. The molecule has 0 amide bonds. The Morgan fingerprint density at radius 1 is 1.24 bits per heavy atom. The third-order valence-corrected chi connectivity index (χ3v) is 4.27. The molecule has 1 aromatic carbocycles. The first-order valence-corrected chi connectivity index (χ1v) is 7.85. The van der Waals surface area contributed by atoms with Crippen molar-refractivity contribution >= 4 is 11.3 Å². The summed E-state index contributed by atoms with van der Waals surface area (Å²) in [5, 5.41) is 0.932. The fourth-order valence-electron chi connectivity index (χ4n) is 2.14. The van der Waals surface area contributed by atoms with Gasteiger partial charge in [0.1, 0.15) is 17.4 Å². The second kappa shape index (κ2) is 7.54. The van der Waals surface area contributed by atoms with E-state index in [4.69, 9.17) is 15.2 Å². The van der Waals surface area contributed by atoms with Gasteiger partial charge in [-0.05, 0) is 17.5 Å². The van der Waals surface area contributed by atoms with E-state index >= 15 is 0 Å². The summed E-state index contributed by atoms with van der Waals surface area (Å²) >= 11 is 1.59. The number of methoxy groups -OCH3 is 1. The second-order valence-corrected chi connectivity index (χ2v) is 6.26. The Bertz CT molecular complexity index is 581. The van der Waals surface area contributed by atoms with Gasteiger partial charge in [0.25, 0.3) is 0 Å². The molecule has 114 valence electrons. The SMILES string of the molecule is COCc1nc(COc2ccccc2C(C)C)sc1CN. The van der Waals surface area contributed by atoms with E-state index in [2.05, 4.69) is 24.9 Å². The van der Waals surface area contributed by atoms with Crippen LogP contribution in [0.2, 0.25) is 0 Å². The monoisotopic (exact) mass is 306 g/mol.